The molecule has 6 heteroatoms. The first-order valence-corrected chi connectivity index (χ1v) is 6.08. The maximum atomic E-state index is 11.5. The molecular weight excluding hydrogens is 300 g/mol. The standard InChI is InChI=1S/C12H11BrN2O3/c13-9-1-2-10-8(5-9)3-4-15(10)7-11(16)14-6-12(17)18/h1-5H,6-7H2,(H,14,16)(H,17,18). The van der Waals surface area contributed by atoms with Crippen LogP contribution in [0.25, 0.3) is 10.9 Å². The van der Waals surface area contributed by atoms with Crippen molar-refractivity contribution in [3.63, 3.8) is 0 Å². The summed E-state index contributed by atoms with van der Waals surface area (Å²) in [6, 6.07) is 7.67. The van der Waals surface area contributed by atoms with Gasteiger partial charge in [0.15, 0.2) is 0 Å². The van der Waals surface area contributed by atoms with Crippen molar-refractivity contribution in [1.29, 1.82) is 0 Å². The quantitative estimate of drug-likeness (QED) is 0.901. The Bertz CT molecular complexity index is 606. The van der Waals surface area contributed by atoms with Crippen LogP contribution in [0.1, 0.15) is 0 Å². The zero-order valence-electron chi connectivity index (χ0n) is 9.39. The van der Waals surface area contributed by atoms with Crippen LogP contribution in [0, 0.1) is 0 Å². The highest BCUT2D eigenvalue weighted by Gasteiger charge is 2.07. The zero-order valence-corrected chi connectivity index (χ0v) is 11.0. The molecule has 0 aliphatic carbocycles. The van der Waals surface area contributed by atoms with E-state index in [1.165, 1.54) is 0 Å². The number of carbonyl (C=O) groups excluding carboxylic acids is 1. The third-order valence-electron chi connectivity index (χ3n) is 2.48. The van der Waals surface area contributed by atoms with E-state index >= 15 is 0 Å². The molecule has 0 aliphatic heterocycles. The Morgan fingerprint density at radius 3 is 2.83 bits per heavy atom. The summed E-state index contributed by atoms with van der Waals surface area (Å²) in [5.74, 6) is -1.37. The van der Waals surface area contributed by atoms with Crippen molar-refractivity contribution >= 4 is 38.7 Å². The molecule has 0 aliphatic rings. The number of halogens is 1. The molecule has 1 heterocycles. The van der Waals surface area contributed by atoms with Gasteiger partial charge in [-0.1, -0.05) is 15.9 Å². The summed E-state index contributed by atoms with van der Waals surface area (Å²) >= 11 is 3.38. The van der Waals surface area contributed by atoms with E-state index in [0.717, 1.165) is 15.4 Å². The average Bonchev–Trinajstić information content (AvgIpc) is 2.69. The lowest BCUT2D eigenvalue weighted by Gasteiger charge is -2.05. The van der Waals surface area contributed by atoms with Crippen molar-refractivity contribution in [1.82, 2.24) is 9.88 Å². The van der Waals surface area contributed by atoms with E-state index in [1.807, 2.05) is 24.3 Å². The topological polar surface area (TPSA) is 71.3 Å². The van der Waals surface area contributed by atoms with Gasteiger partial charge < -0.3 is 15.0 Å². The van der Waals surface area contributed by atoms with Crippen LogP contribution in [-0.2, 0) is 16.1 Å². The molecule has 0 atom stereocenters. The van der Waals surface area contributed by atoms with Crippen molar-refractivity contribution in [3.8, 4) is 0 Å². The number of aliphatic carboxylic acids is 1. The third kappa shape index (κ3) is 2.89. The van der Waals surface area contributed by atoms with Crippen molar-refractivity contribution in [2.75, 3.05) is 6.54 Å². The molecule has 18 heavy (non-hydrogen) atoms. The largest absolute Gasteiger partial charge is 0.480 e. The summed E-state index contributed by atoms with van der Waals surface area (Å²) in [4.78, 5) is 21.9. The number of carboxylic acid groups (broad SMARTS) is 1. The lowest BCUT2D eigenvalue weighted by atomic mass is 10.2. The van der Waals surface area contributed by atoms with E-state index in [1.54, 1.807) is 10.8 Å². The van der Waals surface area contributed by atoms with Crippen LogP contribution in [0.3, 0.4) is 0 Å². The number of carboxylic acids is 1. The molecule has 0 saturated heterocycles. The predicted molar refractivity (Wildman–Crippen MR) is 70.3 cm³/mol. The van der Waals surface area contributed by atoms with Crippen molar-refractivity contribution < 1.29 is 14.7 Å². The van der Waals surface area contributed by atoms with Gasteiger partial charge in [0.05, 0.1) is 0 Å². The van der Waals surface area contributed by atoms with Gasteiger partial charge in [0.1, 0.15) is 13.1 Å². The Labute approximate surface area is 112 Å². The van der Waals surface area contributed by atoms with Crippen molar-refractivity contribution in [2.45, 2.75) is 6.54 Å². The summed E-state index contributed by atoms with van der Waals surface area (Å²) in [6.45, 7) is -0.248. The molecule has 0 spiro atoms. The van der Waals surface area contributed by atoms with Gasteiger partial charge in [-0.15, -0.1) is 0 Å². The molecule has 0 unspecified atom stereocenters. The Morgan fingerprint density at radius 1 is 1.33 bits per heavy atom. The van der Waals surface area contributed by atoms with Gasteiger partial charge in [0.2, 0.25) is 5.91 Å². The number of carbonyl (C=O) groups is 2. The number of hydrogen-bond acceptors (Lipinski definition) is 2. The maximum absolute atomic E-state index is 11.5. The Morgan fingerprint density at radius 2 is 2.11 bits per heavy atom. The normalized spacial score (nSPS) is 10.5. The summed E-state index contributed by atoms with van der Waals surface area (Å²) in [7, 11) is 0. The van der Waals surface area contributed by atoms with Crippen LogP contribution >= 0.6 is 15.9 Å². The molecule has 2 rings (SSSR count). The van der Waals surface area contributed by atoms with Crippen molar-refractivity contribution in [2.24, 2.45) is 0 Å². The fraction of sp³-hybridized carbons (Fsp3) is 0.167. The van der Waals surface area contributed by atoms with E-state index in [-0.39, 0.29) is 19.0 Å². The molecule has 0 fully saturated rings. The fourth-order valence-corrected chi connectivity index (χ4v) is 2.07. The number of benzene rings is 1. The molecule has 1 amide bonds. The van der Waals surface area contributed by atoms with E-state index in [2.05, 4.69) is 21.2 Å². The molecule has 0 bridgehead atoms. The van der Waals surface area contributed by atoms with Gasteiger partial charge in [-0.2, -0.15) is 0 Å². The molecule has 2 N–H and O–H groups in total. The van der Waals surface area contributed by atoms with E-state index in [4.69, 9.17) is 5.11 Å². The Balaban J connectivity index is 2.12. The first-order chi connectivity index (χ1) is 8.56. The number of fused-ring (bicyclic) bond motifs is 1. The van der Waals surface area contributed by atoms with E-state index in [9.17, 15) is 9.59 Å². The molecule has 0 radical (unpaired) electrons. The van der Waals surface area contributed by atoms with Crippen LogP contribution in [-0.4, -0.2) is 28.1 Å². The van der Waals surface area contributed by atoms with Gasteiger partial charge in [0, 0.05) is 21.6 Å². The zero-order chi connectivity index (χ0) is 13.1. The number of aromatic nitrogens is 1. The summed E-state index contributed by atoms with van der Waals surface area (Å²) < 4.78 is 2.75. The number of nitrogens with one attached hydrogen (secondary N) is 1. The van der Waals surface area contributed by atoms with Crippen LogP contribution in [0.2, 0.25) is 0 Å². The molecule has 1 aromatic carbocycles. The van der Waals surface area contributed by atoms with Gasteiger partial charge in [-0.3, -0.25) is 9.59 Å². The number of nitrogens with zero attached hydrogens (tertiary/aromatic N) is 1. The predicted octanol–water partition coefficient (Wildman–Crippen LogP) is 1.60. The van der Waals surface area contributed by atoms with Crippen LogP contribution < -0.4 is 5.32 Å². The molecular formula is C12H11BrN2O3. The molecule has 0 saturated carbocycles. The first kappa shape index (κ1) is 12.6. The first-order valence-electron chi connectivity index (χ1n) is 5.29. The SMILES string of the molecule is O=C(O)CNC(=O)Cn1ccc2cc(Br)ccc21. The van der Waals surface area contributed by atoms with Gasteiger partial charge >= 0.3 is 5.97 Å². The molecule has 5 nitrogen and oxygen atoms in total. The second-order valence-corrected chi connectivity index (χ2v) is 4.73. The summed E-state index contributed by atoms with van der Waals surface area (Å²) in [5, 5.41) is 11.8. The summed E-state index contributed by atoms with van der Waals surface area (Å²) in [5.41, 5.74) is 0.934. The minimum atomic E-state index is -1.05. The van der Waals surface area contributed by atoms with Crippen LogP contribution in [0.4, 0.5) is 0 Å². The van der Waals surface area contributed by atoms with Gasteiger partial charge in [0.25, 0.3) is 0 Å². The molecule has 94 valence electrons. The fourth-order valence-electron chi connectivity index (χ4n) is 1.69. The molecule has 1 aromatic heterocycles. The highest BCUT2D eigenvalue weighted by molar-refractivity contribution is 9.10. The third-order valence-corrected chi connectivity index (χ3v) is 2.98. The van der Waals surface area contributed by atoms with Crippen LogP contribution in [0.15, 0.2) is 34.9 Å². The minimum absolute atomic E-state index is 0.110. The number of hydrogen-bond donors (Lipinski definition) is 2. The monoisotopic (exact) mass is 310 g/mol. The second-order valence-electron chi connectivity index (χ2n) is 3.82. The lowest BCUT2D eigenvalue weighted by molar-refractivity contribution is -0.138. The highest BCUT2D eigenvalue weighted by Crippen LogP contribution is 2.20. The lowest BCUT2D eigenvalue weighted by Crippen LogP contribution is -2.31. The van der Waals surface area contributed by atoms with Crippen molar-refractivity contribution in [3.05, 3.63) is 34.9 Å². The number of amides is 1. The molecule has 2 aromatic rings. The van der Waals surface area contributed by atoms with Gasteiger partial charge in [-0.05, 0) is 24.3 Å². The average molecular weight is 311 g/mol. The Hall–Kier alpha value is -1.82. The minimum Gasteiger partial charge on any atom is -0.480 e. The van der Waals surface area contributed by atoms with Gasteiger partial charge in [-0.25, -0.2) is 0 Å². The highest BCUT2D eigenvalue weighted by atomic mass is 79.9. The number of rotatable bonds is 4. The van der Waals surface area contributed by atoms with E-state index in [0.29, 0.717) is 0 Å². The second kappa shape index (κ2) is 5.22. The maximum Gasteiger partial charge on any atom is 0.322 e. The smallest absolute Gasteiger partial charge is 0.322 e. The van der Waals surface area contributed by atoms with E-state index < -0.39 is 5.97 Å². The van der Waals surface area contributed by atoms with Crippen LogP contribution in [0.5, 0.6) is 0 Å². The summed E-state index contributed by atoms with van der Waals surface area (Å²) in [6.07, 6.45) is 1.80. The Kier molecular flexibility index (Phi) is 3.66.